The van der Waals surface area contributed by atoms with Gasteiger partial charge < -0.3 is 10.2 Å². The lowest BCUT2D eigenvalue weighted by molar-refractivity contribution is -0.164. The normalized spacial score (nSPS) is 38.0. The first-order valence-corrected chi connectivity index (χ1v) is 8.63. The average molecular weight is 318 g/mol. The van der Waals surface area contributed by atoms with Crippen LogP contribution in [0.2, 0.25) is 0 Å². The quantitative estimate of drug-likeness (QED) is 0.585. The third-order valence-electron chi connectivity index (χ3n) is 6.57. The highest BCUT2D eigenvalue weighted by atomic mass is 16.4. The van der Waals surface area contributed by atoms with Crippen molar-refractivity contribution in [2.75, 3.05) is 6.61 Å². The number of carboxylic acids is 1. The fraction of sp³-hybridized carbons (Fsp3) is 0.650. The fourth-order valence-electron chi connectivity index (χ4n) is 5.12. The second kappa shape index (κ2) is 6.64. The summed E-state index contributed by atoms with van der Waals surface area (Å²) in [5, 5.41) is 19.2. The molecule has 0 aromatic carbocycles. The molecule has 2 aliphatic rings. The molecule has 0 unspecified atom stereocenters. The first kappa shape index (κ1) is 18.0. The molecular formula is C20H30O3. The van der Waals surface area contributed by atoms with Crippen LogP contribution in [-0.2, 0) is 4.79 Å². The minimum atomic E-state index is -0.655. The number of hydrogen-bond donors (Lipinski definition) is 2. The Morgan fingerprint density at radius 1 is 1.39 bits per heavy atom. The van der Waals surface area contributed by atoms with Gasteiger partial charge >= 0.3 is 5.97 Å². The zero-order chi connectivity index (χ0) is 17.3. The Morgan fingerprint density at radius 2 is 2.09 bits per heavy atom. The first-order valence-electron chi connectivity index (χ1n) is 8.63. The number of carboxylic acid groups (broad SMARTS) is 1. The van der Waals surface area contributed by atoms with E-state index in [0.29, 0.717) is 0 Å². The van der Waals surface area contributed by atoms with Crippen LogP contribution in [0, 0.1) is 22.7 Å². The summed E-state index contributed by atoms with van der Waals surface area (Å²) in [4.78, 5) is 11.9. The van der Waals surface area contributed by atoms with Crippen LogP contribution >= 0.6 is 0 Å². The minimum Gasteiger partial charge on any atom is -0.481 e. The van der Waals surface area contributed by atoms with Gasteiger partial charge in [-0.05, 0) is 61.9 Å². The van der Waals surface area contributed by atoms with Crippen LogP contribution in [-0.4, -0.2) is 22.8 Å². The maximum atomic E-state index is 11.9. The highest BCUT2D eigenvalue weighted by Crippen LogP contribution is 2.61. The van der Waals surface area contributed by atoms with E-state index in [0.717, 1.165) is 44.1 Å². The van der Waals surface area contributed by atoms with Gasteiger partial charge in [-0.2, -0.15) is 0 Å². The van der Waals surface area contributed by atoms with Crippen LogP contribution in [0.25, 0.3) is 0 Å². The van der Waals surface area contributed by atoms with Gasteiger partial charge in [0.25, 0.3) is 0 Å². The fourth-order valence-corrected chi connectivity index (χ4v) is 5.12. The highest BCUT2D eigenvalue weighted by Gasteiger charge is 2.57. The number of fused-ring (bicyclic) bond motifs is 1. The van der Waals surface area contributed by atoms with Crippen molar-refractivity contribution in [2.24, 2.45) is 22.7 Å². The van der Waals surface area contributed by atoms with Crippen LogP contribution < -0.4 is 0 Å². The lowest BCUT2D eigenvalue weighted by Gasteiger charge is -2.57. The number of rotatable bonds is 5. The molecule has 2 saturated carbocycles. The molecule has 3 heteroatoms. The van der Waals surface area contributed by atoms with E-state index in [4.69, 9.17) is 0 Å². The summed E-state index contributed by atoms with van der Waals surface area (Å²) < 4.78 is 0. The van der Waals surface area contributed by atoms with Gasteiger partial charge in [0, 0.05) is 0 Å². The maximum Gasteiger partial charge on any atom is 0.309 e. The lowest BCUT2D eigenvalue weighted by Crippen LogP contribution is -2.53. The molecule has 2 N–H and O–H groups in total. The lowest BCUT2D eigenvalue weighted by atomic mass is 9.46. The van der Waals surface area contributed by atoms with Gasteiger partial charge in [0.2, 0.25) is 0 Å². The van der Waals surface area contributed by atoms with Crippen LogP contribution in [0.15, 0.2) is 36.5 Å². The van der Waals surface area contributed by atoms with E-state index >= 15 is 0 Å². The predicted molar refractivity (Wildman–Crippen MR) is 93.0 cm³/mol. The molecule has 0 radical (unpaired) electrons. The summed E-state index contributed by atoms with van der Waals surface area (Å²) in [6.07, 6.45) is 9.15. The molecule has 0 heterocycles. The number of hydrogen-bond acceptors (Lipinski definition) is 2. The topological polar surface area (TPSA) is 57.5 Å². The van der Waals surface area contributed by atoms with E-state index in [1.54, 1.807) is 6.08 Å². The monoisotopic (exact) mass is 318 g/mol. The summed E-state index contributed by atoms with van der Waals surface area (Å²) in [5.41, 5.74) is 1.41. The van der Waals surface area contributed by atoms with Gasteiger partial charge in [0.1, 0.15) is 0 Å². The van der Waals surface area contributed by atoms with Crippen LogP contribution in [0.1, 0.15) is 52.4 Å². The van der Waals surface area contributed by atoms with Crippen molar-refractivity contribution in [1.82, 2.24) is 0 Å². The van der Waals surface area contributed by atoms with Crippen molar-refractivity contribution in [3.8, 4) is 0 Å². The maximum absolute atomic E-state index is 11.9. The largest absolute Gasteiger partial charge is 0.481 e. The standard InChI is InChI=1S/C20H30O3/c1-5-15(13-21)8-9-16-14(2)7-10-17-19(16,3)11-6-12-20(17,4)18(22)23/h5,8,16-17,21H,1-2,6-7,9-13H2,3-4H3,(H,22,23)/b15-8-/t16-,17+,19+,20-/m0/s1. The molecule has 3 nitrogen and oxygen atoms in total. The van der Waals surface area contributed by atoms with Gasteiger partial charge in [-0.1, -0.05) is 44.2 Å². The number of aliphatic hydroxyl groups is 1. The summed E-state index contributed by atoms with van der Waals surface area (Å²) in [7, 11) is 0. The van der Waals surface area contributed by atoms with Crippen molar-refractivity contribution in [1.29, 1.82) is 0 Å². The molecular weight excluding hydrogens is 288 g/mol. The van der Waals surface area contributed by atoms with Crippen LogP contribution in [0.4, 0.5) is 0 Å². The molecule has 2 aliphatic carbocycles. The van der Waals surface area contributed by atoms with E-state index in [1.165, 1.54) is 5.57 Å². The van der Waals surface area contributed by atoms with Crippen molar-refractivity contribution < 1.29 is 15.0 Å². The summed E-state index contributed by atoms with van der Waals surface area (Å²) in [5.74, 6) is -0.189. The second-order valence-electron chi connectivity index (χ2n) is 7.76. The SMILES string of the molecule is C=C/C(=C/C[C@H]1C(=C)CC[C@@H]2[C@]1(C)CCC[C@]2(C)C(=O)O)CO. The van der Waals surface area contributed by atoms with Gasteiger partial charge in [-0.3, -0.25) is 4.79 Å². The molecule has 0 aliphatic heterocycles. The Morgan fingerprint density at radius 3 is 2.65 bits per heavy atom. The summed E-state index contributed by atoms with van der Waals surface area (Å²) in [6, 6.07) is 0. The first-order chi connectivity index (χ1) is 10.8. The molecule has 0 amide bonds. The van der Waals surface area contributed by atoms with E-state index < -0.39 is 11.4 Å². The Bertz CT molecular complexity index is 533. The van der Waals surface area contributed by atoms with Gasteiger partial charge in [0.15, 0.2) is 0 Å². The minimum absolute atomic E-state index is 0.00429. The average Bonchev–Trinajstić information content (AvgIpc) is 2.50. The van der Waals surface area contributed by atoms with E-state index in [-0.39, 0.29) is 23.9 Å². The summed E-state index contributed by atoms with van der Waals surface area (Å²) in [6.45, 7) is 12.2. The van der Waals surface area contributed by atoms with E-state index in [9.17, 15) is 15.0 Å². The Kier molecular flexibility index (Phi) is 5.20. The number of aliphatic hydroxyl groups excluding tert-OH is 1. The van der Waals surface area contributed by atoms with Gasteiger partial charge in [-0.25, -0.2) is 0 Å². The summed E-state index contributed by atoms with van der Waals surface area (Å²) >= 11 is 0. The molecule has 2 fully saturated rings. The van der Waals surface area contributed by atoms with Gasteiger partial charge in [0.05, 0.1) is 12.0 Å². The zero-order valence-corrected chi connectivity index (χ0v) is 14.5. The third kappa shape index (κ3) is 3.03. The molecule has 2 rings (SSSR count). The predicted octanol–water partition coefficient (Wildman–Crippen LogP) is 4.34. The Hall–Kier alpha value is -1.35. The molecule has 23 heavy (non-hydrogen) atoms. The molecule has 0 bridgehead atoms. The Labute approximate surface area is 139 Å². The molecule has 0 aromatic heterocycles. The van der Waals surface area contributed by atoms with Crippen LogP contribution in [0.5, 0.6) is 0 Å². The highest BCUT2D eigenvalue weighted by molar-refractivity contribution is 5.75. The number of carbonyl (C=O) groups is 1. The van der Waals surface area contributed by atoms with Gasteiger partial charge in [-0.15, -0.1) is 0 Å². The Balaban J connectivity index is 2.35. The van der Waals surface area contributed by atoms with Crippen molar-refractivity contribution in [3.05, 3.63) is 36.5 Å². The second-order valence-corrected chi connectivity index (χ2v) is 7.76. The van der Waals surface area contributed by atoms with E-state index in [1.807, 2.05) is 13.0 Å². The molecule has 0 aromatic rings. The van der Waals surface area contributed by atoms with Crippen molar-refractivity contribution in [3.63, 3.8) is 0 Å². The number of aliphatic carboxylic acids is 1. The molecule has 0 spiro atoms. The van der Waals surface area contributed by atoms with Crippen LogP contribution in [0.3, 0.4) is 0 Å². The van der Waals surface area contributed by atoms with Crippen molar-refractivity contribution >= 4 is 5.97 Å². The molecule has 4 atom stereocenters. The smallest absolute Gasteiger partial charge is 0.309 e. The van der Waals surface area contributed by atoms with Crippen molar-refractivity contribution in [2.45, 2.75) is 52.4 Å². The molecule has 0 saturated heterocycles. The number of allylic oxidation sites excluding steroid dienone is 2. The van der Waals surface area contributed by atoms with E-state index in [2.05, 4.69) is 20.1 Å². The third-order valence-corrected chi connectivity index (χ3v) is 6.57. The zero-order valence-electron chi connectivity index (χ0n) is 14.5. The molecule has 128 valence electrons.